The number of nitrogens with two attached hydrogens (primary N) is 1. The van der Waals surface area contributed by atoms with Crippen molar-refractivity contribution in [1.29, 1.82) is 0 Å². The number of rotatable bonds is 2. The maximum Gasteiger partial charge on any atom is 0.410 e. The van der Waals surface area contributed by atoms with Gasteiger partial charge in [0.25, 0.3) is 0 Å². The summed E-state index contributed by atoms with van der Waals surface area (Å²) < 4.78 is 5.42. The molecule has 1 fully saturated rings. The van der Waals surface area contributed by atoms with Gasteiger partial charge in [0, 0.05) is 24.8 Å². The Bertz CT molecular complexity index is 764. The van der Waals surface area contributed by atoms with E-state index in [1.165, 1.54) is 0 Å². The minimum atomic E-state index is -0.462. The van der Waals surface area contributed by atoms with Crippen LogP contribution in [0, 0.1) is 0 Å². The molecule has 7 nitrogen and oxygen atoms in total. The molecule has 1 amide bonds. The molecule has 0 aliphatic carbocycles. The van der Waals surface area contributed by atoms with Crippen LogP contribution in [0.2, 0.25) is 0 Å². The predicted molar refractivity (Wildman–Crippen MR) is 98.4 cm³/mol. The lowest BCUT2D eigenvalue weighted by atomic mass is 10.1. The fourth-order valence-corrected chi connectivity index (χ4v) is 2.84. The number of carbonyl (C=O) groups is 1. The first kappa shape index (κ1) is 17.3. The molecule has 7 heteroatoms. The third-order valence-electron chi connectivity index (χ3n) is 4.06. The molecule has 3 rings (SSSR count). The first-order valence-electron chi connectivity index (χ1n) is 8.57. The Labute approximate surface area is 147 Å². The van der Waals surface area contributed by atoms with E-state index in [-0.39, 0.29) is 12.1 Å². The van der Waals surface area contributed by atoms with Gasteiger partial charge in [0.1, 0.15) is 11.4 Å². The van der Waals surface area contributed by atoms with Gasteiger partial charge in [-0.25, -0.2) is 9.78 Å². The van der Waals surface area contributed by atoms with E-state index in [9.17, 15) is 4.79 Å². The smallest absolute Gasteiger partial charge is 0.410 e. The normalized spacial score (nSPS) is 16.0. The lowest BCUT2D eigenvalue weighted by Crippen LogP contribution is -2.44. The van der Waals surface area contributed by atoms with Crippen molar-refractivity contribution in [3.05, 3.63) is 24.4 Å². The van der Waals surface area contributed by atoms with Crippen molar-refractivity contribution in [3.63, 3.8) is 0 Å². The number of nitrogens with one attached hydrogen (secondary N) is 1. The van der Waals surface area contributed by atoms with E-state index in [4.69, 9.17) is 10.5 Å². The molecule has 1 aromatic heterocycles. The van der Waals surface area contributed by atoms with E-state index in [0.717, 1.165) is 29.7 Å². The SMILES string of the molecule is CC(C)(C)OC(=O)N1CCC(Nc2cnc3cc(N)ccc3n2)CC1. The van der Waals surface area contributed by atoms with E-state index >= 15 is 0 Å². The summed E-state index contributed by atoms with van der Waals surface area (Å²) >= 11 is 0. The molecule has 2 aromatic rings. The number of aromatic nitrogens is 2. The summed E-state index contributed by atoms with van der Waals surface area (Å²) in [4.78, 5) is 22.8. The van der Waals surface area contributed by atoms with Crippen molar-refractivity contribution in [3.8, 4) is 0 Å². The number of benzene rings is 1. The summed E-state index contributed by atoms with van der Waals surface area (Å²) in [5.74, 6) is 0.744. The highest BCUT2D eigenvalue weighted by atomic mass is 16.6. The van der Waals surface area contributed by atoms with E-state index in [0.29, 0.717) is 18.8 Å². The van der Waals surface area contributed by atoms with E-state index in [1.807, 2.05) is 39.0 Å². The number of hydrogen-bond donors (Lipinski definition) is 2. The quantitative estimate of drug-likeness (QED) is 0.814. The molecule has 0 spiro atoms. The monoisotopic (exact) mass is 343 g/mol. The van der Waals surface area contributed by atoms with Crippen molar-refractivity contribution >= 4 is 28.6 Å². The molecule has 0 radical (unpaired) electrons. The fourth-order valence-electron chi connectivity index (χ4n) is 2.84. The minimum absolute atomic E-state index is 0.242. The van der Waals surface area contributed by atoms with E-state index < -0.39 is 5.60 Å². The molecule has 1 aliphatic rings. The van der Waals surface area contributed by atoms with Gasteiger partial charge >= 0.3 is 6.09 Å². The minimum Gasteiger partial charge on any atom is -0.444 e. The van der Waals surface area contributed by atoms with Crippen LogP contribution in [0.15, 0.2) is 24.4 Å². The number of nitrogens with zero attached hydrogens (tertiary/aromatic N) is 3. The number of anilines is 2. The molecule has 0 bridgehead atoms. The number of piperidine rings is 1. The van der Waals surface area contributed by atoms with Crippen LogP contribution >= 0.6 is 0 Å². The molecule has 1 aromatic carbocycles. The molecule has 0 saturated carbocycles. The van der Waals surface area contributed by atoms with Crippen LogP contribution in [-0.2, 0) is 4.74 Å². The largest absolute Gasteiger partial charge is 0.444 e. The van der Waals surface area contributed by atoms with Crippen molar-refractivity contribution in [1.82, 2.24) is 14.9 Å². The summed E-state index contributed by atoms with van der Waals surface area (Å²) in [7, 11) is 0. The fraction of sp³-hybridized carbons (Fsp3) is 0.500. The maximum absolute atomic E-state index is 12.1. The van der Waals surface area contributed by atoms with Crippen LogP contribution in [0.3, 0.4) is 0 Å². The molecule has 25 heavy (non-hydrogen) atoms. The van der Waals surface area contributed by atoms with Gasteiger partial charge in [-0.05, 0) is 51.8 Å². The number of carbonyl (C=O) groups excluding carboxylic acids is 1. The zero-order valence-electron chi connectivity index (χ0n) is 15.0. The highest BCUT2D eigenvalue weighted by Crippen LogP contribution is 2.20. The Kier molecular flexibility index (Phi) is 4.65. The van der Waals surface area contributed by atoms with Crippen LogP contribution in [0.4, 0.5) is 16.3 Å². The molecular formula is C18H25N5O2. The highest BCUT2D eigenvalue weighted by Gasteiger charge is 2.26. The average Bonchev–Trinajstić information content (AvgIpc) is 2.54. The summed E-state index contributed by atoms with van der Waals surface area (Å²) in [6.07, 6.45) is 3.18. The number of nitrogen functional groups attached to an aromatic ring is 1. The zero-order valence-corrected chi connectivity index (χ0v) is 15.0. The van der Waals surface area contributed by atoms with Crippen LogP contribution < -0.4 is 11.1 Å². The van der Waals surface area contributed by atoms with Crippen molar-refractivity contribution in [2.45, 2.75) is 45.3 Å². The lowest BCUT2D eigenvalue weighted by Gasteiger charge is -2.33. The first-order valence-corrected chi connectivity index (χ1v) is 8.57. The summed E-state index contributed by atoms with van der Waals surface area (Å²) in [5, 5.41) is 3.41. The van der Waals surface area contributed by atoms with Crippen molar-refractivity contribution in [2.24, 2.45) is 0 Å². The molecule has 3 N–H and O–H groups in total. The zero-order chi connectivity index (χ0) is 18.0. The second kappa shape index (κ2) is 6.74. The second-order valence-corrected chi connectivity index (χ2v) is 7.39. The average molecular weight is 343 g/mol. The number of hydrogen-bond acceptors (Lipinski definition) is 6. The topological polar surface area (TPSA) is 93.4 Å². The Balaban J connectivity index is 1.57. The van der Waals surface area contributed by atoms with Crippen LogP contribution in [-0.4, -0.2) is 45.7 Å². The Morgan fingerprint density at radius 3 is 2.68 bits per heavy atom. The van der Waals surface area contributed by atoms with Gasteiger partial charge in [-0.2, -0.15) is 0 Å². The van der Waals surface area contributed by atoms with Crippen LogP contribution in [0.25, 0.3) is 11.0 Å². The van der Waals surface area contributed by atoms with Gasteiger partial charge < -0.3 is 20.7 Å². The van der Waals surface area contributed by atoms with Gasteiger partial charge in [0.05, 0.1) is 17.2 Å². The number of amides is 1. The third kappa shape index (κ3) is 4.49. The molecule has 2 heterocycles. The summed E-state index contributed by atoms with van der Waals surface area (Å²) in [5.41, 5.74) is 7.57. The number of likely N-dealkylation sites (tertiary alicyclic amines) is 1. The molecular weight excluding hydrogens is 318 g/mol. The standard InChI is InChI=1S/C18H25N5O2/c1-18(2,3)25-17(24)23-8-6-13(7-9-23)21-16-11-20-15-10-12(19)4-5-14(15)22-16/h4-5,10-11,13H,6-9,19H2,1-3H3,(H,21,22). The predicted octanol–water partition coefficient (Wildman–Crippen LogP) is 3.02. The molecule has 1 aliphatic heterocycles. The molecule has 0 atom stereocenters. The van der Waals surface area contributed by atoms with Gasteiger partial charge in [-0.3, -0.25) is 4.98 Å². The Morgan fingerprint density at radius 1 is 1.28 bits per heavy atom. The summed E-state index contributed by atoms with van der Waals surface area (Å²) in [6.45, 7) is 6.98. The highest BCUT2D eigenvalue weighted by molar-refractivity contribution is 5.79. The first-order chi connectivity index (χ1) is 11.8. The van der Waals surface area contributed by atoms with Crippen LogP contribution in [0.1, 0.15) is 33.6 Å². The second-order valence-electron chi connectivity index (χ2n) is 7.39. The van der Waals surface area contributed by atoms with Gasteiger partial charge in [0.2, 0.25) is 0 Å². The number of fused-ring (bicyclic) bond motifs is 1. The van der Waals surface area contributed by atoms with Crippen LogP contribution in [0.5, 0.6) is 0 Å². The van der Waals surface area contributed by atoms with Crippen molar-refractivity contribution < 1.29 is 9.53 Å². The Hall–Kier alpha value is -2.57. The molecule has 1 saturated heterocycles. The summed E-state index contributed by atoms with van der Waals surface area (Å²) in [6, 6.07) is 5.76. The van der Waals surface area contributed by atoms with Gasteiger partial charge in [-0.1, -0.05) is 0 Å². The van der Waals surface area contributed by atoms with E-state index in [1.54, 1.807) is 11.1 Å². The molecule has 134 valence electrons. The third-order valence-corrected chi connectivity index (χ3v) is 4.06. The number of ether oxygens (including phenoxy) is 1. The lowest BCUT2D eigenvalue weighted by molar-refractivity contribution is 0.0210. The molecule has 0 unspecified atom stereocenters. The Morgan fingerprint density at radius 2 is 2.00 bits per heavy atom. The van der Waals surface area contributed by atoms with Crippen molar-refractivity contribution in [2.75, 3.05) is 24.1 Å². The van der Waals surface area contributed by atoms with Gasteiger partial charge in [-0.15, -0.1) is 0 Å². The van der Waals surface area contributed by atoms with E-state index in [2.05, 4.69) is 15.3 Å². The maximum atomic E-state index is 12.1. The van der Waals surface area contributed by atoms with Gasteiger partial charge in [0.15, 0.2) is 0 Å².